The lowest BCUT2D eigenvalue weighted by Gasteiger charge is -2.08. The van der Waals surface area contributed by atoms with Gasteiger partial charge in [0, 0.05) is 5.02 Å². The third kappa shape index (κ3) is 2.41. The van der Waals surface area contributed by atoms with E-state index in [1.54, 1.807) is 31.2 Å². The fourth-order valence-electron chi connectivity index (χ4n) is 1.40. The number of nitriles is 1. The van der Waals surface area contributed by atoms with E-state index in [9.17, 15) is 0 Å². The highest BCUT2D eigenvalue weighted by molar-refractivity contribution is 6.30. The van der Waals surface area contributed by atoms with E-state index in [1.807, 2.05) is 6.92 Å². The van der Waals surface area contributed by atoms with Crippen molar-refractivity contribution in [3.8, 4) is 17.7 Å². The minimum absolute atomic E-state index is 0.211. The molecule has 18 heavy (non-hydrogen) atoms. The summed E-state index contributed by atoms with van der Waals surface area (Å²) in [6.07, 6.45) is 0. The summed E-state index contributed by atoms with van der Waals surface area (Å²) in [6, 6.07) is 8.91. The molecular weight excluding hydrogens is 250 g/mol. The standard InChI is InChI=1S/C13H10ClN3O/c1-8-9(2)16-17-13(12(8)7-15)18-11-5-3-10(14)4-6-11/h3-6H,1-2H3. The van der Waals surface area contributed by atoms with Crippen LogP contribution in [0.5, 0.6) is 11.6 Å². The minimum atomic E-state index is 0.211. The second-order valence-electron chi connectivity index (χ2n) is 3.76. The first kappa shape index (κ1) is 12.3. The van der Waals surface area contributed by atoms with Crippen molar-refractivity contribution in [2.75, 3.05) is 0 Å². The highest BCUT2D eigenvalue weighted by Gasteiger charge is 2.12. The molecule has 0 aliphatic carbocycles. The van der Waals surface area contributed by atoms with Crippen LogP contribution in [-0.2, 0) is 0 Å². The maximum absolute atomic E-state index is 9.13. The van der Waals surface area contributed by atoms with Crippen molar-refractivity contribution in [2.24, 2.45) is 0 Å². The molecule has 4 nitrogen and oxygen atoms in total. The average molecular weight is 260 g/mol. The van der Waals surface area contributed by atoms with Crippen molar-refractivity contribution < 1.29 is 4.74 Å². The molecule has 0 N–H and O–H groups in total. The molecule has 0 saturated carbocycles. The maximum Gasteiger partial charge on any atom is 0.257 e. The summed E-state index contributed by atoms with van der Waals surface area (Å²) in [5.74, 6) is 0.774. The number of halogens is 1. The van der Waals surface area contributed by atoms with Gasteiger partial charge >= 0.3 is 0 Å². The molecule has 0 bridgehead atoms. The van der Waals surface area contributed by atoms with E-state index in [0.29, 0.717) is 16.3 Å². The number of nitrogens with zero attached hydrogens (tertiary/aromatic N) is 3. The lowest BCUT2D eigenvalue weighted by Crippen LogP contribution is -2.00. The lowest BCUT2D eigenvalue weighted by atomic mass is 10.1. The van der Waals surface area contributed by atoms with E-state index in [-0.39, 0.29) is 5.88 Å². The number of benzene rings is 1. The molecule has 0 aliphatic rings. The van der Waals surface area contributed by atoms with E-state index in [1.165, 1.54) is 0 Å². The van der Waals surface area contributed by atoms with Crippen molar-refractivity contribution in [3.63, 3.8) is 0 Å². The Morgan fingerprint density at radius 3 is 2.44 bits per heavy atom. The monoisotopic (exact) mass is 259 g/mol. The van der Waals surface area contributed by atoms with Crippen LogP contribution in [0.25, 0.3) is 0 Å². The minimum Gasteiger partial charge on any atom is -0.437 e. The van der Waals surface area contributed by atoms with Crippen LogP contribution in [0.1, 0.15) is 16.8 Å². The Labute approximate surface area is 110 Å². The number of ether oxygens (including phenoxy) is 1. The lowest BCUT2D eigenvalue weighted by molar-refractivity contribution is 0.452. The van der Waals surface area contributed by atoms with Crippen LogP contribution in [-0.4, -0.2) is 10.2 Å². The molecule has 2 aromatic rings. The predicted octanol–water partition coefficient (Wildman–Crippen LogP) is 3.41. The Hall–Kier alpha value is -2.12. The van der Waals surface area contributed by atoms with E-state index in [0.717, 1.165) is 11.3 Å². The number of aryl methyl sites for hydroxylation is 1. The van der Waals surface area contributed by atoms with Crippen molar-refractivity contribution in [1.82, 2.24) is 10.2 Å². The summed E-state index contributed by atoms with van der Waals surface area (Å²) in [5.41, 5.74) is 1.89. The first-order valence-corrected chi connectivity index (χ1v) is 5.67. The molecule has 2 rings (SSSR count). The smallest absolute Gasteiger partial charge is 0.257 e. The van der Waals surface area contributed by atoms with E-state index in [2.05, 4.69) is 16.3 Å². The molecule has 0 aliphatic heterocycles. The number of hydrogen-bond donors (Lipinski definition) is 0. The van der Waals surface area contributed by atoms with E-state index < -0.39 is 0 Å². The van der Waals surface area contributed by atoms with Crippen LogP contribution >= 0.6 is 11.6 Å². The summed E-state index contributed by atoms with van der Waals surface area (Å²) in [6.45, 7) is 3.62. The third-order valence-corrected chi connectivity index (χ3v) is 2.81. The average Bonchev–Trinajstić information content (AvgIpc) is 2.37. The van der Waals surface area contributed by atoms with Gasteiger partial charge in [0.2, 0.25) is 0 Å². The normalized spacial score (nSPS) is 9.89. The number of hydrogen-bond acceptors (Lipinski definition) is 4. The second kappa shape index (κ2) is 5.03. The zero-order valence-electron chi connectivity index (χ0n) is 9.94. The summed E-state index contributed by atoms with van der Waals surface area (Å²) in [5, 5.41) is 17.6. The Morgan fingerprint density at radius 1 is 1.17 bits per heavy atom. The van der Waals surface area contributed by atoms with Crippen molar-refractivity contribution in [2.45, 2.75) is 13.8 Å². The Kier molecular flexibility index (Phi) is 3.45. The van der Waals surface area contributed by atoms with E-state index >= 15 is 0 Å². The van der Waals surface area contributed by atoms with Gasteiger partial charge in [-0.15, -0.1) is 5.10 Å². The molecule has 0 amide bonds. The van der Waals surface area contributed by atoms with Crippen LogP contribution in [0.15, 0.2) is 24.3 Å². The molecule has 0 fully saturated rings. The molecule has 0 atom stereocenters. The first-order chi connectivity index (χ1) is 8.61. The van der Waals surface area contributed by atoms with Gasteiger partial charge in [0.05, 0.1) is 5.69 Å². The SMILES string of the molecule is Cc1nnc(Oc2ccc(Cl)cc2)c(C#N)c1C. The van der Waals surface area contributed by atoms with Crippen LogP contribution in [0, 0.1) is 25.2 Å². The zero-order valence-corrected chi connectivity index (χ0v) is 10.7. The van der Waals surface area contributed by atoms with Crippen molar-refractivity contribution in [3.05, 3.63) is 46.1 Å². The van der Waals surface area contributed by atoms with Gasteiger partial charge < -0.3 is 4.74 Å². The second-order valence-corrected chi connectivity index (χ2v) is 4.19. The number of aromatic nitrogens is 2. The Bertz CT molecular complexity index is 617. The van der Waals surface area contributed by atoms with Crippen LogP contribution < -0.4 is 4.74 Å². The third-order valence-electron chi connectivity index (χ3n) is 2.56. The largest absolute Gasteiger partial charge is 0.437 e. The summed E-state index contributed by atoms with van der Waals surface area (Å²) in [4.78, 5) is 0. The van der Waals surface area contributed by atoms with Crippen LogP contribution in [0.4, 0.5) is 0 Å². The molecule has 5 heteroatoms. The van der Waals surface area contributed by atoms with Crippen molar-refractivity contribution >= 4 is 11.6 Å². The predicted molar refractivity (Wildman–Crippen MR) is 67.7 cm³/mol. The molecule has 0 unspecified atom stereocenters. The van der Waals surface area contributed by atoms with Gasteiger partial charge in [-0.05, 0) is 43.7 Å². The van der Waals surface area contributed by atoms with Gasteiger partial charge in [0.25, 0.3) is 5.88 Å². The topological polar surface area (TPSA) is 58.8 Å². The maximum atomic E-state index is 9.13. The molecule has 1 heterocycles. The summed E-state index contributed by atoms with van der Waals surface area (Å²) >= 11 is 5.78. The molecule has 0 saturated heterocycles. The summed E-state index contributed by atoms with van der Waals surface area (Å²) < 4.78 is 5.54. The first-order valence-electron chi connectivity index (χ1n) is 5.29. The summed E-state index contributed by atoms with van der Waals surface area (Å²) in [7, 11) is 0. The van der Waals surface area contributed by atoms with Gasteiger partial charge in [0.15, 0.2) is 0 Å². The fourth-order valence-corrected chi connectivity index (χ4v) is 1.53. The van der Waals surface area contributed by atoms with E-state index in [4.69, 9.17) is 21.6 Å². The van der Waals surface area contributed by atoms with Gasteiger partial charge in [-0.1, -0.05) is 11.6 Å². The molecule has 1 aromatic heterocycles. The van der Waals surface area contributed by atoms with Crippen LogP contribution in [0.3, 0.4) is 0 Å². The molecule has 1 aromatic carbocycles. The van der Waals surface area contributed by atoms with Gasteiger partial charge in [-0.2, -0.15) is 10.4 Å². The Morgan fingerprint density at radius 2 is 1.83 bits per heavy atom. The number of rotatable bonds is 2. The van der Waals surface area contributed by atoms with Crippen molar-refractivity contribution in [1.29, 1.82) is 5.26 Å². The van der Waals surface area contributed by atoms with Gasteiger partial charge in [-0.3, -0.25) is 0 Å². The molecular formula is C13H10ClN3O. The quantitative estimate of drug-likeness (QED) is 0.829. The zero-order chi connectivity index (χ0) is 13.1. The molecule has 0 radical (unpaired) electrons. The Balaban J connectivity index is 2.38. The highest BCUT2D eigenvalue weighted by atomic mass is 35.5. The van der Waals surface area contributed by atoms with Crippen LogP contribution in [0.2, 0.25) is 5.02 Å². The fraction of sp³-hybridized carbons (Fsp3) is 0.154. The van der Waals surface area contributed by atoms with Gasteiger partial charge in [0.1, 0.15) is 17.4 Å². The highest BCUT2D eigenvalue weighted by Crippen LogP contribution is 2.26. The molecule has 90 valence electrons. The molecule has 0 spiro atoms. The van der Waals surface area contributed by atoms with Gasteiger partial charge in [-0.25, -0.2) is 0 Å².